The molecule has 1 saturated heterocycles. The third kappa shape index (κ3) is 1.23. The van der Waals surface area contributed by atoms with E-state index in [1.165, 1.54) is 25.7 Å². The topological polar surface area (TPSA) is 29.5 Å². The van der Waals surface area contributed by atoms with Gasteiger partial charge in [-0.3, -0.25) is 0 Å². The molecule has 0 aromatic heterocycles. The molecule has 3 fully saturated rings. The molecule has 74 valence electrons. The summed E-state index contributed by atoms with van der Waals surface area (Å²) in [5, 5.41) is 10.7. The van der Waals surface area contributed by atoms with Gasteiger partial charge < -0.3 is 9.84 Å². The monoisotopic (exact) mass is 182 g/mol. The fourth-order valence-corrected chi connectivity index (χ4v) is 2.89. The van der Waals surface area contributed by atoms with Crippen molar-refractivity contribution in [2.24, 2.45) is 11.8 Å². The van der Waals surface area contributed by atoms with Crippen LogP contribution in [0.5, 0.6) is 0 Å². The molecule has 1 N–H and O–H groups in total. The molecule has 1 unspecified atom stereocenters. The summed E-state index contributed by atoms with van der Waals surface area (Å²) in [5.41, 5.74) is -0.420. The fraction of sp³-hybridized carbons (Fsp3) is 1.00. The predicted octanol–water partition coefficient (Wildman–Crippen LogP) is 1.72. The molecule has 0 bridgehead atoms. The van der Waals surface area contributed by atoms with Gasteiger partial charge in [0, 0.05) is 6.61 Å². The van der Waals surface area contributed by atoms with Gasteiger partial charge in [0.15, 0.2) is 0 Å². The Bertz CT molecular complexity index is 188. The van der Waals surface area contributed by atoms with Crippen molar-refractivity contribution in [3.63, 3.8) is 0 Å². The van der Waals surface area contributed by atoms with Gasteiger partial charge >= 0.3 is 0 Å². The minimum Gasteiger partial charge on any atom is -0.387 e. The second-order valence-corrected chi connectivity index (χ2v) is 4.94. The second kappa shape index (κ2) is 2.71. The van der Waals surface area contributed by atoms with Gasteiger partial charge in [0.1, 0.15) is 0 Å². The Morgan fingerprint density at radius 1 is 1.00 bits per heavy atom. The van der Waals surface area contributed by atoms with Gasteiger partial charge in [0.05, 0.1) is 11.7 Å². The van der Waals surface area contributed by atoms with Crippen LogP contribution in [0.1, 0.15) is 38.5 Å². The van der Waals surface area contributed by atoms with E-state index in [9.17, 15) is 5.11 Å². The van der Waals surface area contributed by atoms with Crippen LogP contribution in [-0.2, 0) is 4.74 Å². The van der Waals surface area contributed by atoms with E-state index in [-0.39, 0.29) is 6.10 Å². The van der Waals surface area contributed by atoms with Crippen LogP contribution in [-0.4, -0.2) is 23.4 Å². The summed E-state index contributed by atoms with van der Waals surface area (Å²) in [7, 11) is 0. The first-order valence-electron chi connectivity index (χ1n) is 5.66. The lowest BCUT2D eigenvalue weighted by Crippen LogP contribution is -2.46. The van der Waals surface area contributed by atoms with Crippen molar-refractivity contribution < 1.29 is 9.84 Å². The standard InChI is InChI=1S/C11H18O2/c12-11(8-3-4-8,9-5-6-9)10-2-1-7-13-10/h8-10,12H,1-7H2. The van der Waals surface area contributed by atoms with Crippen molar-refractivity contribution in [2.75, 3.05) is 6.61 Å². The molecule has 0 aromatic carbocycles. The van der Waals surface area contributed by atoms with E-state index in [2.05, 4.69) is 0 Å². The summed E-state index contributed by atoms with van der Waals surface area (Å²) in [6.45, 7) is 0.867. The van der Waals surface area contributed by atoms with E-state index >= 15 is 0 Å². The molecule has 2 aliphatic carbocycles. The van der Waals surface area contributed by atoms with Crippen molar-refractivity contribution in [1.29, 1.82) is 0 Å². The highest BCUT2D eigenvalue weighted by molar-refractivity contribution is 5.08. The molecule has 1 atom stereocenters. The molecular weight excluding hydrogens is 164 g/mol. The van der Waals surface area contributed by atoms with Crippen LogP contribution in [0, 0.1) is 11.8 Å². The number of rotatable bonds is 3. The maximum Gasteiger partial charge on any atom is 0.0964 e. The van der Waals surface area contributed by atoms with Crippen LogP contribution in [0.15, 0.2) is 0 Å². The molecule has 2 saturated carbocycles. The van der Waals surface area contributed by atoms with Crippen LogP contribution in [0.2, 0.25) is 0 Å². The Hall–Kier alpha value is -0.0800. The van der Waals surface area contributed by atoms with Crippen molar-refractivity contribution >= 4 is 0 Å². The molecule has 1 aliphatic heterocycles. The van der Waals surface area contributed by atoms with Crippen molar-refractivity contribution in [3.8, 4) is 0 Å². The third-order valence-electron chi connectivity index (χ3n) is 3.91. The number of ether oxygens (including phenoxy) is 1. The summed E-state index contributed by atoms with van der Waals surface area (Å²) >= 11 is 0. The van der Waals surface area contributed by atoms with Gasteiger partial charge in [0.25, 0.3) is 0 Å². The smallest absolute Gasteiger partial charge is 0.0964 e. The highest BCUT2D eigenvalue weighted by Crippen LogP contribution is 2.55. The normalized spacial score (nSPS) is 35.3. The van der Waals surface area contributed by atoms with Crippen LogP contribution >= 0.6 is 0 Å². The fourth-order valence-electron chi connectivity index (χ4n) is 2.89. The SMILES string of the molecule is OC(C1CC1)(C1CC1)C1CCCO1. The summed E-state index contributed by atoms with van der Waals surface area (Å²) < 4.78 is 5.67. The molecule has 1 heterocycles. The largest absolute Gasteiger partial charge is 0.387 e. The summed E-state index contributed by atoms with van der Waals surface area (Å²) in [6.07, 6.45) is 7.32. The van der Waals surface area contributed by atoms with E-state index in [1.54, 1.807) is 0 Å². The van der Waals surface area contributed by atoms with Crippen molar-refractivity contribution in [2.45, 2.75) is 50.2 Å². The molecule has 3 aliphatic rings. The van der Waals surface area contributed by atoms with E-state index in [0.29, 0.717) is 11.8 Å². The molecule has 0 radical (unpaired) electrons. The summed E-state index contributed by atoms with van der Waals surface area (Å²) in [5.74, 6) is 1.14. The zero-order chi connectivity index (χ0) is 8.89. The van der Waals surface area contributed by atoms with Crippen LogP contribution in [0.3, 0.4) is 0 Å². The quantitative estimate of drug-likeness (QED) is 0.720. The first-order chi connectivity index (χ1) is 6.32. The number of hydrogen-bond donors (Lipinski definition) is 1. The maximum absolute atomic E-state index is 10.7. The highest BCUT2D eigenvalue weighted by Gasteiger charge is 2.58. The van der Waals surface area contributed by atoms with E-state index in [4.69, 9.17) is 4.74 Å². The van der Waals surface area contributed by atoms with Crippen molar-refractivity contribution in [3.05, 3.63) is 0 Å². The average Bonchev–Trinajstić information content (AvgIpc) is 3.01. The Kier molecular flexibility index (Phi) is 1.72. The average molecular weight is 182 g/mol. The molecule has 13 heavy (non-hydrogen) atoms. The van der Waals surface area contributed by atoms with Crippen LogP contribution < -0.4 is 0 Å². The van der Waals surface area contributed by atoms with Gasteiger partial charge in [-0.2, -0.15) is 0 Å². The first kappa shape index (κ1) is 8.25. The lowest BCUT2D eigenvalue weighted by atomic mass is 9.84. The van der Waals surface area contributed by atoms with Gasteiger partial charge in [0.2, 0.25) is 0 Å². The molecule has 0 amide bonds. The Morgan fingerprint density at radius 3 is 2.00 bits per heavy atom. The molecular formula is C11H18O2. The van der Waals surface area contributed by atoms with Gasteiger partial charge in [-0.1, -0.05) is 0 Å². The Balaban J connectivity index is 1.79. The lowest BCUT2D eigenvalue weighted by Gasteiger charge is -2.33. The zero-order valence-electron chi connectivity index (χ0n) is 8.04. The lowest BCUT2D eigenvalue weighted by molar-refractivity contribution is -0.113. The Labute approximate surface area is 79.3 Å². The molecule has 2 nitrogen and oxygen atoms in total. The minimum atomic E-state index is -0.420. The molecule has 0 spiro atoms. The molecule has 0 aromatic rings. The van der Waals surface area contributed by atoms with E-state index < -0.39 is 5.60 Å². The van der Waals surface area contributed by atoms with E-state index in [1.807, 2.05) is 0 Å². The molecule has 2 heteroatoms. The number of aliphatic hydroxyl groups is 1. The molecule has 3 rings (SSSR count). The Morgan fingerprint density at radius 2 is 1.62 bits per heavy atom. The summed E-state index contributed by atoms with van der Waals surface area (Å²) in [6, 6.07) is 0. The van der Waals surface area contributed by atoms with Gasteiger partial charge in [-0.25, -0.2) is 0 Å². The zero-order valence-corrected chi connectivity index (χ0v) is 8.04. The van der Waals surface area contributed by atoms with Crippen molar-refractivity contribution in [1.82, 2.24) is 0 Å². The first-order valence-corrected chi connectivity index (χ1v) is 5.66. The predicted molar refractivity (Wildman–Crippen MR) is 49.4 cm³/mol. The van der Waals surface area contributed by atoms with Gasteiger partial charge in [-0.15, -0.1) is 0 Å². The summed E-state index contributed by atoms with van der Waals surface area (Å²) in [4.78, 5) is 0. The van der Waals surface area contributed by atoms with Crippen LogP contribution in [0.4, 0.5) is 0 Å². The third-order valence-corrected chi connectivity index (χ3v) is 3.91. The second-order valence-electron chi connectivity index (χ2n) is 4.94. The van der Waals surface area contributed by atoms with Gasteiger partial charge in [-0.05, 0) is 50.4 Å². The number of hydrogen-bond acceptors (Lipinski definition) is 2. The van der Waals surface area contributed by atoms with Crippen LogP contribution in [0.25, 0.3) is 0 Å². The van der Waals surface area contributed by atoms with E-state index in [0.717, 1.165) is 19.4 Å². The minimum absolute atomic E-state index is 0.174. The highest BCUT2D eigenvalue weighted by atomic mass is 16.5. The maximum atomic E-state index is 10.7.